The van der Waals surface area contributed by atoms with Crippen LogP contribution in [0.4, 0.5) is 0 Å². The first-order chi connectivity index (χ1) is 18.5. The summed E-state index contributed by atoms with van der Waals surface area (Å²) in [5.41, 5.74) is -2.20. The molecule has 0 bridgehead atoms. The highest BCUT2D eigenvalue weighted by Crippen LogP contribution is 2.31. The number of hydrogen-bond donors (Lipinski definition) is 3. The number of aliphatic hydroxyl groups is 3. The van der Waals surface area contributed by atoms with E-state index in [1.807, 2.05) is 42.2 Å². The van der Waals surface area contributed by atoms with E-state index in [1.54, 1.807) is 13.8 Å². The molecular weight excluding hydrogens is 512 g/mol. The predicted molar refractivity (Wildman–Crippen MR) is 159 cm³/mol. The van der Waals surface area contributed by atoms with Crippen molar-refractivity contribution in [1.29, 1.82) is 0 Å². The van der Waals surface area contributed by atoms with E-state index in [1.165, 1.54) is 64.9 Å². The number of methoxy groups -OCH3 is 1. The highest BCUT2D eigenvalue weighted by Gasteiger charge is 2.47. The summed E-state index contributed by atoms with van der Waals surface area (Å²) >= 11 is 0. The van der Waals surface area contributed by atoms with E-state index in [-0.39, 0.29) is 25.7 Å². The van der Waals surface area contributed by atoms with Crippen molar-refractivity contribution in [3.05, 3.63) is 0 Å². The maximum atomic E-state index is 11.4. The smallest absolute Gasteiger partial charge is 0.221 e. The molecule has 40 heavy (non-hydrogen) atoms. The van der Waals surface area contributed by atoms with Gasteiger partial charge in [-0.15, -0.1) is 0 Å². The first-order valence-corrected chi connectivity index (χ1v) is 15.7. The van der Waals surface area contributed by atoms with E-state index in [2.05, 4.69) is 6.92 Å². The van der Waals surface area contributed by atoms with Gasteiger partial charge in [0.25, 0.3) is 0 Å². The van der Waals surface area contributed by atoms with Gasteiger partial charge in [0.1, 0.15) is 19.3 Å². The van der Waals surface area contributed by atoms with Crippen LogP contribution in [0, 0.1) is 5.92 Å². The summed E-state index contributed by atoms with van der Waals surface area (Å²) in [6.07, 6.45) is 9.96. The summed E-state index contributed by atoms with van der Waals surface area (Å²) in [6.45, 7) is 8.90. The Hall–Kier alpha value is -0.360. The highest BCUT2D eigenvalue weighted by molar-refractivity contribution is 4.88. The molecule has 9 heteroatoms. The van der Waals surface area contributed by atoms with Crippen LogP contribution >= 0.6 is 0 Å². The number of ether oxygens (including phenoxy) is 4. The van der Waals surface area contributed by atoms with Crippen LogP contribution in [0.5, 0.6) is 0 Å². The van der Waals surface area contributed by atoms with E-state index in [4.69, 9.17) is 18.9 Å². The van der Waals surface area contributed by atoms with Crippen molar-refractivity contribution in [3.63, 3.8) is 0 Å². The van der Waals surface area contributed by atoms with Crippen LogP contribution in [0.2, 0.25) is 0 Å². The van der Waals surface area contributed by atoms with Gasteiger partial charge in [0.05, 0.1) is 60.6 Å². The number of aliphatic hydroxyl groups excluding tert-OH is 1. The number of likely N-dealkylation sites (N-methyl/N-ethyl adjacent to an activating group) is 2. The van der Waals surface area contributed by atoms with Crippen LogP contribution in [0.3, 0.4) is 0 Å². The summed E-state index contributed by atoms with van der Waals surface area (Å²) in [4.78, 5) is 0. The first kappa shape index (κ1) is 37.7. The monoisotopic (exact) mass is 578 g/mol. The van der Waals surface area contributed by atoms with E-state index in [0.29, 0.717) is 8.97 Å². The van der Waals surface area contributed by atoms with Gasteiger partial charge in [-0.3, -0.25) is 4.48 Å². The molecular formula is C31H66N2O7+2. The molecule has 0 aromatic heterocycles. The van der Waals surface area contributed by atoms with Crippen LogP contribution in [0.15, 0.2) is 0 Å². The van der Waals surface area contributed by atoms with Crippen LogP contribution in [0.25, 0.3) is 0 Å². The number of unbranched alkanes of at least 4 members (excludes halogenated alkanes) is 9. The average molecular weight is 579 g/mol. The molecule has 1 heterocycles. The summed E-state index contributed by atoms with van der Waals surface area (Å²) in [5, 5.41) is 33.2. The summed E-state index contributed by atoms with van der Waals surface area (Å²) in [7, 11) is 11.3. The number of hydrogen-bond acceptors (Lipinski definition) is 7. The molecule has 0 amide bonds. The van der Waals surface area contributed by atoms with Crippen LogP contribution in [-0.4, -0.2) is 129 Å². The van der Waals surface area contributed by atoms with Gasteiger partial charge >= 0.3 is 0 Å². The number of rotatable bonds is 21. The molecule has 0 radical (unpaired) electrons. The molecule has 1 fully saturated rings. The molecule has 0 aromatic rings. The molecule has 0 aliphatic carbocycles. The Bertz CT molecular complexity index is 679. The van der Waals surface area contributed by atoms with Gasteiger partial charge in [0, 0.05) is 26.9 Å². The van der Waals surface area contributed by atoms with Gasteiger partial charge in [-0.1, -0.05) is 65.2 Å². The molecule has 7 atom stereocenters. The predicted octanol–water partition coefficient (Wildman–Crippen LogP) is 3.88. The van der Waals surface area contributed by atoms with Crippen molar-refractivity contribution < 1.29 is 43.2 Å². The zero-order chi connectivity index (χ0) is 30.6. The Morgan fingerprint density at radius 1 is 0.800 bits per heavy atom. The Morgan fingerprint density at radius 3 is 1.82 bits per heavy atom. The quantitative estimate of drug-likeness (QED) is 0.108. The summed E-state index contributed by atoms with van der Waals surface area (Å²) < 4.78 is 24.3. The Kier molecular flexibility index (Phi) is 16.1. The fraction of sp³-hybridized carbons (Fsp3) is 1.00. The Labute approximate surface area is 245 Å². The topological polar surface area (TPSA) is 97.6 Å². The molecule has 1 aliphatic heterocycles. The lowest BCUT2D eigenvalue weighted by molar-refractivity contribution is -0.965. The molecule has 1 aliphatic rings. The van der Waals surface area contributed by atoms with Crippen molar-refractivity contribution in [2.24, 2.45) is 5.92 Å². The molecule has 240 valence electrons. The fourth-order valence-corrected chi connectivity index (χ4v) is 4.84. The molecule has 0 spiro atoms. The lowest BCUT2D eigenvalue weighted by atomic mass is 9.91. The number of quaternary nitrogens is 2. The standard InChI is InChI=1S/C31H66N2O7/c1-11-12-13-14-15-16-17-18-19-20-21-33(8,9)31(4,36)24-39-28-27(34)25(2)26(40-29(28)37-10)22-38-23-30(3,35)32(5,6)7/h25-29,34-36H,11-24H2,1-10H3/q+2. The van der Waals surface area contributed by atoms with E-state index >= 15 is 0 Å². The van der Waals surface area contributed by atoms with Gasteiger partial charge < -0.3 is 38.8 Å². The third kappa shape index (κ3) is 11.7. The first-order valence-electron chi connectivity index (χ1n) is 15.7. The zero-order valence-electron chi connectivity index (χ0n) is 27.7. The second kappa shape index (κ2) is 17.1. The van der Waals surface area contributed by atoms with E-state index in [9.17, 15) is 15.3 Å². The normalized spacial score (nSPS) is 27.4. The maximum absolute atomic E-state index is 11.4. The van der Waals surface area contributed by atoms with Gasteiger partial charge in [0.15, 0.2) is 6.29 Å². The van der Waals surface area contributed by atoms with Gasteiger partial charge in [-0.05, 0) is 12.8 Å². The summed E-state index contributed by atoms with van der Waals surface area (Å²) in [6, 6.07) is 0. The number of nitrogens with zero attached hydrogens (tertiary/aromatic N) is 2. The van der Waals surface area contributed by atoms with Crippen molar-refractivity contribution in [2.45, 2.75) is 128 Å². The van der Waals surface area contributed by atoms with Crippen LogP contribution < -0.4 is 0 Å². The SMILES string of the molecule is CCCCCCCCCCCC[N+](C)(C)C(C)(O)COC1C(OC)OC(COCC(C)(O)[N+](C)(C)C)C(C)C1O. The van der Waals surface area contributed by atoms with E-state index in [0.717, 1.165) is 13.0 Å². The fourth-order valence-electron chi connectivity index (χ4n) is 4.84. The average Bonchev–Trinajstić information content (AvgIpc) is 2.86. The maximum Gasteiger partial charge on any atom is 0.221 e. The Balaban J connectivity index is 2.53. The highest BCUT2D eigenvalue weighted by atomic mass is 16.7. The van der Waals surface area contributed by atoms with Gasteiger partial charge in [-0.2, -0.15) is 0 Å². The van der Waals surface area contributed by atoms with E-state index < -0.39 is 36.1 Å². The third-order valence-electron chi connectivity index (χ3n) is 9.30. The molecule has 7 unspecified atom stereocenters. The zero-order valence-corrected chi connectivity index (χ0v) is 27.7. The minimum absolute atomic E-state index is 0.0446. The second-order valence-corrected chi connectivity index (χ2v) is 14.0. The van der Waals surface area contributed by atoms with Gasteiger partial charge in [0.2, 0.25) is 11.4 Å². The Morgan fingerprint density at radius 2 is 1.32 bits per heavy atom. The molecule has 0 saturated carbocycles. The lowest BCUT2D eigenvalue weighted by Crippen LogP contribution is -2.63. The minimum Gasteiger partial charge on any atom is -0.390 e. The molecule has 1 rings (SSSR count). The van der Waals surface area contributed by atoms with Crippen molar-refractivity contribution in [1.82, 2.24) is 0 Å². The third-order valence-corrected chi connectivity index (χ3v) is 9.30. The van der Waals surface area contributed by atoms with Crippen molar-refractivity contribution in [2.75, 3.05) is 68.7 Å². The van der Waals surface area contributed by atoms with Crippen molar-refractivity contribution in [3.8, 4) is 0 Å². The lowest BCUT2D eigenvalue weighted by Gasteiger charge is -2.46. The summed E-state index contributed by atoms with van der Waals surface area (Å²) in [5.74, 6) is -0.287. The minimum atomic E-state index is -1.14. The largest absolute Gasteiger partial charge is 0.390 e. The van der Waals surface area contributed by atoms with Crippen molar-refractivity contribution >= 4 is 0 Å². The molecule has 0 aromatic carbocycles. The molecule has 3 N–H and O–H groups in total. The second-order valence-electron chi connectivity index (χ2n) is 14.0. The van der Waals surface area contributed by atoms with Gasteiger partial charge in [-0.25, -0.2) is 0 Å². The molecule has 1 saturated heterocycles. The van der Waals surface area contributed by atoms with Crippen LogP contribution in [-0.2, 0) is 18.9 Å². The molecule has 9 nitrogen and oxygen atoms in total. The van der Waals surface area contributed by atoms with Crippen LogP contribution in [0.1, 0.15) is 91.9 Å².